The van der Waals surface area contributed by atoms with Crippen LogP contribution in [0, 0.1) is 0 Å². The van der Waals surface area contributed by atoms with Crippen LogP contribution in [0.25, 0.3) is 0 Å². The molecule has 7 heteroatoms. The van der Waals surface area contributed by atoms with Crippen molar-refractivity contribution in [3.8, 4) is 11.5 Å². The summed E-state index contributed by atoms with van der Waals surface area (Å²) in [7, 11) is 3.11. The minimum Gasteiger partial charge on any atom is -0.497 e. The molecule has 0 heterocycles. The van der Waals surface area contributed by atoms with Gasteiger partial charge in [-0.2, -0.15) is 0 Å². The Kier molecular flexibility index (Phi) is 8.12. The molecule has 0 amide bonds. The molecule has 0 radical (unpaired) electrons. The molecule has 0 unspecified atom stereocenters. The Hall–Kier alpha value is -3.06. The lowest BCUT2D eigenvalue weighted by Gasteiger charge is -2.08. The largest absolute Gasteiger partial charge is 0.497 e. The summed E-state index contributed by atoms with van der Waals surface area (Å²) >= 11 is 0. The fourth-order valence-corrected chi connectivity index (χ4v) is 2.11. The van der Waals surface area contributed by atoms with Crippen LogP contribution in [0.15, 0.2) is 48.5 Å². The van der Waals surface area contributed by atoms with E-state index in [1.807, 2.05) is 0 Å². The van der Waals surface area contributed by atoms with Crippen molar-refractivity contribution in [2.75, 3.05) is 40.6 Å². The van der Waals surface area contributed by atoms with Crippen molar-refractivity contribution in [1.82, 2.24) is 0 Å². The van der Waals surface area contributed by atoms with Crippen LogP contribution in [-0.2, 0) is 14.2 Å². The summed E-state index contributed by atoms with van der Waals surface area (Å²) in [6.45, 7) is 0.637. The third-order valence-electron chi connectivity index (χ3n) is 3.57. The van der Waals surface area contributed by atoms with Crippen LogP contribution >= 0.6 is 0 Å². The highest BCUT2D eigenvalue weighted by molar-refractivity contribution is 5.90. The predicted molar refractivity (Wildman–Crippen MR) is 97.4 cm³/mol. The van der Waals surface area contributed by atoms with Crippen molar-refractivity contribution >= 4 is 11.9 Å². The van der Waals surface area contributed by atoms with Gasteiger partial charge in [-0.05, 0) is 48.5 Å². The van der Waals surface area contributed by atoms with Gasteiger partial charge in [0.1, 0.15) is 24.7 Å². The van der Waals surface area contributed by atoms with Crippen molar-refractivity contribution in [2.45, 2.75) is 0 Å². The zero-order valence-electron chi connectivity index (χ0n) is 15.3. The summed E-state index contributed by atoms with van der Waals surface area (Å²) in [6, 6.07) is 13.2. The van der Waals surface area contributed by atoms with Crippen molar-refractivity contribution in [3.05, 3.63) is 59.7 Å². The molecule has 0 aromatic heterocycles. The second-order valence-corrected chi connectivity index (χ2v) is 5.34. The number of methoxy groups -OCH3 is 2. The number of esters is 2. The highest BCUT2D eigenvalue weighted by atomic mass is 16.6. The first-order valence-corrected chi connectivity index (χ1v) is 8.34. The predicted octanol–water partition coefficient (Wildman–Crippen LogP) is 2.73. The van der Waals surface area contributed by atoms with Crippen LogP contribution in [-0.4, -0.2) is 52.6 Å². The molecule has 0 fully saturated rings. The van der Waals surface area contributed by atoms with Crippen LogP contribution in [0.2, 0.25) is 0 Å². The summed E-state index contributed by atoms with van der Waals surface area (Å²) in [5, 5.41) is 0. The monoisotopic (exact) mass is 374 g/mol. The minimum atomic E-state index is -0.438. The third kappa shape index (κ3) is 6.63. The Morgan fingerprint density at radius 3 is 1.33 bits per heavy atom. The van der Waals surface area contributed by atoms with Gasteiger partial charge in [0.25, 0.3) is 0 Å². The van der Waals surface area contributed by atoms with Crippen LogP contribution in [0.1, 0.15) is 20.7 Å². The molecule has 7 nitrogen and oxygen atoms in total. The SMILES string of the molecule is COc1ccc(C(=O)OCCOCCOC(=O)c2ccc(OC)cc2)cc1. The van der Waals surface area contributed by atoms with E-state index < -0.39 is 11.9 Å². The molecule has 2 aromatic carbocycles. The van der Waals surface area contributed by atoms with E-state index in [-0.39, 0.29) is 26.4 Å². The fourth-order valence-electron chi connectivity index (χ4n) is 2.11. The highest BCUT2D eigenvalue weighted by Gasteiger charge is 2.08. The minimum absolute atomic E-state index is 0.108. The third-order valence-corrected chi connectivity index (χ3v) is 3.57. The van der Waals surface area contributed by atoms with Gasteiger partial charge in [0.15, 0.2) is 0 Å². The molecule has 0 saturated heterocycles. The van der Waals surface area contributed by atoms with Gasteiger partial charge in [-0.3, -0.25) is 0 Å². The first-order chi connectivity index (χ1) is 13.1. The molecule has 0 bridgehead atoms. The Balaban J connectivity index is 1.57. The molecule has 0 aliphatic rings. The maximum absolute atomic E-state index is 11.8. The van der Waals surface area contributed by atoms with E-state index in [9.17, 15) is 9.59 Å². The Labute approximate surface area is 157 Å². The van der Waals surface area contributed by atoms with Crippen molar-refractivity contribution < 1.29 is 33.3 Å². The smallest absolute Gasteiger partial charge is 0.338 e. The number of carbonyl (C=O) groups is 2. The lowest BCUT2D eigenvalue weighted by atomic mass is 10.2. The van der Waals surface area contributed by atoms with Gasteiger partial charge in [0.2, 0.25) is 0 Å². The summed E-state index contributed by atoms with van der Waals surface area (Å²) in [6.07, 6.45) is 0. The maximum Gasteiger partial charge on any atom is 0.338 e. The molecule has 2 aromatic rings. The topological polar surface area (TPSA) is 80.3 Å². The zero-order valence-corrected chi connectivity index (χ0v) is 15.3. The number of ether oxygens (including phenoxy) is 5. The van der Waals surface area contributed by atoms with E-state index >= 15 is 0 Å². The summed E-state index contributed by atoms with van der Waals surface area (Å²) in [5.41, 5.74) is 0.869. The highest BCUT2D eigenvalue weighted by Crippen LogP contribution is 2.13. The van der Waals surface area contributed by atoms with E-state index in [2.05, 4.69) is 0 Å². The van der Waals surface area contributed by atoms with Gasteiger partial charge in [-0.15, -0.1) is 0 Å². The van der Waals surface area contributed by atoms with Gasteiger partial charge >= 0.3 is 11.9 Å². The van der Waals surface area contributed by atoms with Crippen LogP contribution in [0.3, 0.4) is 0 Å². The molecule has 0 aliphatic carbocycles. The van der Waals surface area contributed by atoms with Crippen LogP contribution in [0.4, 0.5) is 0 Å². The van der Waals surface area contributed by atoms with Crippen LogP contribution < -0.4 is 9.47 Å². The maximum atomic E-state index is 11.8. The van der Waals surface area contributed by atoms with E-state index in [0.29, 0.717) is 22.6 Å². The molecule has 144 valence electrons. The zero-order chi connectivity index (χ0) is 19.5. The molecular formula is C20H22O7. The van der Waals surface area contributed by atoms with Gasteiger partial charge in [0.05, 0.1) is 38.6 Å². The summed E-state index contributed by atoms with van der Waals surface area (Å²) in [5.74, 6) is 0.456. The summed E-state index contributed by atoms with van der Waals surface area (Å²) < 4.78 is 25.5. The van der Waals surface area contributed by atoms with Gasteiger partial charge in [0, 0.05) is 0 Å². The number of carbonyl (C=O) groups excluding carboxylic acids is 2. The molecule has 0 atom stereocenters. The lowest BCUT2D eigenvalue weighted by molar-refractivity contribution is 0.0151. The number of hydrogen-bond acceptors (Lipinski definition) is 7. The molecule has 2 rings (SSSR count). The van der Waals surface area contributed by atoms with Gasteiger partial charge in [-0.25, -0.2) is 9.59 Å². The van der Waals surface area contributed by atoms with Gasteiger partial charge in [-0.1, -0.05) is 0 Å². The van der Waals surface area contributed by atoms with E-state index in [0.717, 1.165) is 0 Å². The van der Waals surface area contributed by atoms with Crippen molar-refractivity contribution in [1.29, 1.82) is 0 Å². The molecule has 0 saturated carbocycles. The van der Waals surface area contributed by atoms with Crippen molar-refractivity contribution in [3.63, 3.8) is 0 Å². The number of hydrogen-bond donors (Lipinski definition) is 0. The standard InChI is InChI=1S/C20H22O7/c1-23-17-7-3-15(4-8-17)19(21)26-13-11-25-12-14-27-20(22)16-5-9-18(24-2)10-6-16/h3-10H,11-14H2,1-2H3. The molecule has 27 heavy (non-hydrogen) atoms. The Bertz CT molecular complexity index is 660. The first kappa shape index (κ1) is 20.3. The van der Waals surface area contributed by atoms with Crippen molar-refractivity contribution in [2.24, 2.45) is 0 Å². The molecule has 0 N–H and O–H groups in total. The van der Waals surface area contributed by atoms with E-state index in [4.69, 9.17) is 23.7 Å². The average Bonchev–Trinajstić information content (AvgIpc) is 2.72. The van der Waals surface area contributed by atoms with Gasteiger partial charge < -0.3 is 23.7 Å². The number of benzene rings is 2. The Morgan fingerprint density at radius 2 is 1.00 bits per heavy atom. The molecule has 0 spiro atoms. The Morgan fingerprint density at radius 1 is 0.630 bits per heavy atom. The molecule has 0 aliphatic heterocycles. The second-order valence-electron chi connectivity index (χ2n) is 5.34. The number of rotatable bonds is 10. The molecular weight excluding hydrogens is 352 g/mol. The first-order valence-electron chi connectivity index (χ1n) is 8.34. The summed E-state index contributed by atoms with van der Waals surface area (Å²) in [4.78, 5) is 23.7. The lowest BCUT2D eigenvalue weighted by Crippen LogP contribution is -2.14. The van der Waals surface area contributed by atoms with Crippen LogP contribution in [0.5, 0.6) is 11.5 Å². The van der Waals surface area contributed by atoms with E-state index in [1.165, 1.54) is 0 Å². The fraction of sp³-hybridized carbons (Fsp3) is 0.300. The normalized spacial score (nSPS) is 10.1. The second kappa shape index (κ2) is 10.8. The average molecular weight is 374 g/mol. The van der Waals surface area contributed by atoms with E-state index in [1.54, 1.807) is 62.8 Å². The quantitative estimate of drug-likeness (QED) is 0.467.